The number of nitrogens with one attached hydrogen (secondary N) is 1. The topological polar surface area (TPSA) is 80.5 Å². The highest BCUT2D eigenvalue weighted by atomic mass is 16.5. The Balaban J connectivity index is 1.40. The molecule has 1 aliphatic heterocycles. The summed E-state index contributed by atoms with van der Waals surface area (Å²) in [4.78, 5) is 18.4. The number of benzene rings is 1. The van der Waals surface area contributed by atoms with E-state index < -0.39 is 0 Å². The van der Waals surface area contributed by atoms with E-state index in [1.165, 1.54) is 5.56 Å². The van der Waals surface area contributed by atoms with Crippen LogP contribution < -0.4 is 5.32 Å². The van der Waals surface area contributed by atoms with Crippen LogP contribution in [0.2, 0.25) is 0 Å². The summed E-state index contributed by atoms with van der Waals surface area (Å²) in [7, 11) is 0. The molecule has 0 radical (unpaired) electrons. The third-order valence-corrected chi connectivity index (χ3v) is 4.47. The Morgan fingerprint density at radius 3 is 3.00 bits per heavy atom. The minimum Gasteiger partial charge on any atom is -0.367 e. The maximum absolute atomic E-state index is 12.4. The molecule has 1 aliphatic rings. The van der Waals surface area contributed by atoms with Gasteiger partial charge in [0.05, 0.1) is 6.10 Å². The molecule has 26 heavy (non-hydrogen) atoms. The lowest BCUT2D eigenvalue weighted by Crippen LogP contribution is -2.48. The summed E-state index contributed by atoms with van der Waals surface area (Å²) in [5.74, 6) is 1.18. The summed E-state index contributed by atoms with van der Waals surface area (Å²) >= 11 is 0. The number of aromatic nitrogens is 2. The van der Waals surface area contributed by atoms with Crippen LogP contribution in [0, 0.1) is 0 Å². The number of carbonyl (C=O) groups is 1. The van der Waals surface area contributed by atoms with Crippen molar-refractivity contribution >= 4 is 6.03 Å². The van der Waals surface area contributed by atoms with Gasteiger partial charge in [-0.2, -0.15) is 4.98 Å². The SMILES string of the molecule is CCc1noc(COC2CCCN(C(=O)NCCc3ccccc3)C2)n1. The predicted molar refractivity (Wildman–Crippen MR) is 96.6 cm³/mol. The smallest absolute Gasteiger partial charge is 0.317 e. The Morgan fingerprint density at radius 1 is 1.38 bits per heavy atom. The highest BCUT2D eigenvalue weighted by Crippen LogP contribution is 2.15. The van der Waals surface area contributed by atoms with Gasteiger partial charge in [0, 0.05) is 26.1 Å². The molecule has 0 spiro atoms. The Morgan fingerprint density at radius 2 is 2.23 bits per heavy atom. The second kappa shape index (κ2) is 9.33. The molecular weight excluding hydrogens is 332 g/mol. The first-order valence-corrected chi connectivity index (χ1v) is 9.24. The molecule has 0 saturated carbocycles. The number of hydrogen-bond acceptors (Lipinski definition) is 5. The van der Waals surface area contributed by atoms with Gasteiger partial charge in [-0.15, -0.1) is 0 Å². The Hall–Kier alpha value is -2.41. The van der Waals surface area contributed by atoms with E-state index in [4.69, 9.17) is 9.26 Å². The van der Waals surface area contributed by atoms with Crippen molar-refractivity contribution in [3.8, 4) is 0 Å². The van der Waals surface area contributed by atoms with Gasteiger partial charge in [-0.05, 0) is 24.8 Å². The molecule has 2 aromatic rings. The van der Waals surface area contributed by atoms with Crippen molar-refractivity contribution in [3.63, 3.8) is 0 Å². The zero-order valence-corrected chi connectivity index (χ0v) is 15.2. The number of hydrogen-bond donors (Lipinski definition) is 1. The molecule has 1 unspecified atom stereocenters. The van der Waals surface area contributed by atoms with Crippen LogP contribution in [0.4, 0.5) is 4.79 Å². The van der Waals surface area contributed by atoms with Crippen molar-refractivity contribution in [2.24, 2.45) is 0 Å². The standard InChI is InChI=1S/C19H26N4O3/c1-2-17-21-18(26-22-17)14-25-16-9-6-12-23(13-16)19(24)20-11-10-15-7-4-3-5-8-15/h3-5,7-8,16H,2,6,9-14H2,1H3,(H,20,24). The van der Waals surface area contributed by atoms with E-state index >= 15 is 0 Å². The molecule has 1 fully saturated rings. The van der Waals surface area contributed by atoms with E-state index in [0.29, 0.717) is 31.4 Å². The first-order valence-electron chi connectivity index (χ1n) is 9.24. The summed E-state index contributed by atoms with van der Waals surface area (Å²) < 4.78 is 11.0. The molecule has 2 amide bonds. The van der Waals surface area contributed by atoms with Gasteiger partial charge in [-0.25, -0.2) is 4.79 Å². The number of piperidine rings is 1. The summed E-state index contributed by atoms with van der Waals surface area (Å²) in [5, 5.41) is 6.86. The number of rotatable bonds is 7. The van der Waals surface area contributed by atoms with Gasteiger partial charge in [-0.1, -0.05) is 42.4 Å². The number of carbonyl (C=O) groups excluding carboxylic acids is 1. The molecule has 140 valence electrons. The van der Waals surface area contributed by atoms with Gasteiger partial charge in [-0.3, -0.25) is 0 Å². The molecule has 0 bridgehead atoms. The van der Waals surface area contributed by atoms with E-state index in [1.807, 2.05) is 30.0 Å². The fourth-order valence-electron chi connectivity index (χ4n) is 3.01. The van der Waals surface area contributed by atoms with Crippen LogP contribution in [0.1, 0.15) is 37.0 Å². The largest absolute Gasteiger partial charge is 0.367 e. The normalized spacial score (nSPS) is 17.3. The summed E-state index contributed by atoms with van der Waals surface area (Å²) in [6, 6.07) is 10.1. The molecule has 7 heteroatoms. The number of ether oxygens (including phenoxy) is 1. The number of amides is 2. The Kier molecular flexibility index (Phi) is 6.60. The number of urea groups is 1. The average molecular weight is 358 g/mol. The Bertz CT molecular complexity index is 689. The summed E-state index contributed by atoms with van der Waals surface area (Å²) in [6.45, 7) is 4.25. The number of likely N-dealkylation sites (tertiary alicyclic amines) is 1. The van der Waals surface area contributed by atoms with Crippen molar-refractivity contribution in [1.82, 2.24) is 20.4 Å². The van der Waals surface area contributed by atoms with Crippen molar-refractivity contribution in [2.75, 3.05) is 19.6 Å². The molecule has 1 saturated heterocycles. The maximum atomic E-state index is 12.4. The van der Waals surface area contributed by atoms with E-state index in [0.717, 1.165) is 32.2 Å². The van der Waals surface area contributed by atoms with Crippen LogP contribution in [0.25, 0.3) is 0 Å². The van der Waals surface area contributed by atoms with Crippen LogP contribution in [-0.4, -0.2) is 46.8 Å². The van der Waals surface area contributed by atoms with Crippen molar-refractivity contribution < 1.29 is 14.1 Å². The predicted octanol–water partition coefficient (Wildman–Crippen LogP) is 2.57. The van der Waals surface area contributed by atoms with Crippen LogP contribution in [0.5, 0.6) is 0 Å². The highest BCUT2D eigenvalue weighted by molar-refractivity contribution is 5.74. The third-order valence-electron chi connectivity index (χ3n) is 4.47. The summed E-state index contributed by atoms with van der Waals surface area (Å²) in [5.41, 5.74) is 1.22. The van der Waals surface area contributed by atoms with Crippen LogP contribution in [0.15, 0.2) is 34.9 Å². The van der Waals surface area contributed by atoms with E-state index in [2.05, 4.69) is 27.6 Å². The van der Waals surface area contributed by atoms with Gasteiger partial charge in [0.15, 0.2) is 5.82 Å². The van der Waals surface area contributed by atoms with Gasteiger partial charge < -0.3 is 19.5 Å². The molecule has 1 atom stereocenters. The molecule has 1 aromatic carbocycles. The second-order valence-corrected chi connectivity index (χ2v) is 6.45. The fraction of sp³-hybridized carbons (Fsp3) is 0.526. The lowest BCUT2D eigenvalue weighted by Gasteiger charge is -2.32. The van der Waals surface area contributed by atoms with Gasteiger partial charge in [0.2, 0.25) is 0 Å². The molecular formula is C19H26N4O3. The minimum absolute atomic E-state index is 0.000555. The highest BCUT2D eigenvalue weighted by Gasteiger charge is 2.24. The third kappa shape index (κ3) is 5.29. The molecule has 3 rings (SSSR count). The first-order chi connectivity index (χ1) is 12.7. The zero-order chi connectivity index (χ0) is 18.2. The van der Waals surface area contributed by atoms with Crippen LogP contribution in [-0.2, 0) is 24.2 Å². The fourth-order valence-corrected chi connectivity index (χ4v) is 3.01. The van der Waals surface area contributed by atoms with E-state index in [9.17, 15) is 4.79 Å². The first kappa shape index (κ1) is 18.4. The molecule has 0 aliphatic carbocycles. The van der Waals surface area contributed by atoms with E-state index in [1.54, 1.807) is 0 Å². The average Bonchev–Trinajstić information content (AvgIpc) is 3.15. The zero-order valence-electron chi connectivity index (χ0n) is 15.2. The molecule has 2 heterocycles. The number of nitrogens with zero attached hydrogens (tertiary/aromatic N) is 3. The molecule has 1 N–H and O–H groups in total. The Labute approximate surface area is 153 Å². The second-order valence-electron chi connectivity index (χ2n) is 6.45. The number of aryl methyl sites for hydroxylation is 1. The van der Waals surface area contributed by atoms with Crippen molar-refractivity contribution in [2.45, 2.75) is 45.3 Å². The van der Waals surface area contributed by atoms with Crippen molar-refractivity contribution in [3.05, 3.63) is 47.6 Å². The maximum Gasteiger partial charge on any atom is 0.317 e. The summed E-state index contributed by atoms with van der Waals surface area (Å²) in [6.07, 6.45) is 3.44. The molecule has 7 nitrogen and oxygen atoms in total. The minimum atomic E-state index is -0.0275. The van der Waals surface area contributed by atoms with Gasteiger partial charge >= 0.3 is 6.03 Å². The van der Waals surface area contributed by atoms with Gasteiger partial charge in [0.1, 0.15) is 6.61 Å². The van der Waals surface area contributed by atoms with Crippen LogP contribution in [0.3, 0.4) is 0 Å². The lowest BCUT2D eigenvalue weighted by atomic mass is 10.1. The van der Waals surface area contributed by atoms with E-state index in [-0.39, 0.29) is 12.1 Å². The molecule has 1 aromatic heterocycles. The van der Waals surface area contributed by atoms with Crippen LogP contribution >= 0.6 is 0 Å². The monoisotopic (exact) mass is 358 g/mol. The van der Waals surface area contributed by atoms with Gasteiger partial charge in [0.25, 0.3) is 5.89 Å². The lowest BCUT2D eigenvalue weighted by molar-refractivity contribution is -0.0103. The quantitative estimate of drug-likeness (QED) is 0.823. The van der Waals surface area contributed by atoms with Crippen molar-refractivity contribution in [1.29, 1.82) is 0 Å².